The van der Waals surface area contributed by atoms with Crippen LogP contribution < -0.4 is 0 Å². The average Bonchev–Trinajstić information content (AvgIpc) is 2.80. The largest absolute Gasteiger partial charge is 0.396 e. The maximum Gasteiger partial charge on any atom is 0.396 e. The molecule has 0 aliphatic carbocycles. The lowest BCUT2D eigenvalue weighted by atomic mass is 9.95. The van der Waals surface area contributed by atoms with Gasteiger partial charge in [-0.3, -0.25) is 0 Å². The van der Waals surface area contributed by atoms with E-state index in [1.54, 1.807) is 30.4 Å². The van der Waals surface area contributed by atoms with Crippen LogP contribution in [0.4, 0.5) is 13.2 Å². The van der Waals surface area contributed by atoms with Crippen LogP contribution in [0.3, 0.4) is 0 Å². The first-order valence-electron chi connectivity index (χ1n) is 6.33. The van der Waals surface area contributed by atoms with Gasteiger partial charge in [0.25, 0.3) is 0 Å². The fourth-order valence-electron chi connectivity index (χ4n) is 2.63. The van der Waals surface area contributed by atoms with E-state index >= 15 is 0 Å². The Morgan fingerprint density at radius 1 is 1.40 bits per heavy atom. The van der Waals surface area contributed by atoms with Crippen molar-refractivity contribution in [1.82, 2.24) is 14.9 Å². The van der Waals surface area contributed by atoms with E-state index in [2.05, 4.69) is 9.97 Å². The van der Waals surface area contributed by atoms with Gasteiger partial charge in [-0.1, -0.05) is 6.08 Å². The van der Waals surface area contributed by atoms with Gasteiger partial charge in [0, 0.05) is 36.4 Å². The van der Waals surface area contributed by atoms with Crippen molar-refractivity contribution in [1.29, 1.82) is 0 Å². The van der Waals surface area contributed by atoms with Gasteiger partial charge in [0.2, 0.25) is 0 Å². The molecule has 1 N–H and O–H groups in total. The van der Waals surface area contributed by atoms with E-state index in [4.69, 9.17) is 0 Å². The van der Waals surface area contributed by atoms with Gasteiger partial charge in [0.15, 0.2) is 0 Å². The summed E-state index contributed by atoms with van der Waals surface area (Å²) in [5, 5.41) is 0.856. The van der Waals surface area contributed by atoms with Crippen LogP contribution >= 0.6 is 0 Å². The van der Waals surface area contributed by atoms with Gasteiger partial charge in [0.1, 0.15) is 5.65 Å². The van der Waals surface area contributed by atoms with Crippen LogP contribution in [0.1, 0.15) is 5.56 Å². The number of fused-ring (bicyclic) bond motifs is 1. The number of alkyl halides is 3. The van der Waals surface area contributed by atoms with Crippen molar-refractivity contribution in [3.8, 4) is 0 Å². The molecule has 2 aromatic heterocycles. The highest BCUT2D eigenvalue weighted by molar-refractivity contribution is 5.91. The van der Waals surface area contributed by atoms with Crippen molar-refractivity contribution in [2.24, 2.45) is 5.92 Å². The highest BCUT2D eigenvalue weighted by Crippen LogP contribution is 2.35. The summed E-state index contributed by atoms with van der Waals surface area (Å²) < 4.78 is 38.9. The summed E-state index contributed by atoms with van der Waals surface area (Å²) >= 11 is 0. The van der Waals surface area contributed by atoms with Gasteiger partial charge in [-0.05, 0) is 24.8 Å². The van der Waals surface area contributed by atoms with Crippen molar-refractivity contribution in [3.05, 3.63) is 36.2 Å². The molecule has 0 radical (unpaired) electrons. The van der Waals surface area contributed by atoms with Crippen molar-refractivity contribution < 1.29 is 13.2 Å². The first kappa shape index (κ1) is 13.2. The molecule has 1 aliphatic rings. The summed E-state index contributed by atoms with van der Waals surface area (Å²) in [6.07, 6.45) is 0.526. The number of hydrogen-bond donors (Lipinski definition) is 1. The lowest BCUT2D eigenvalue weighted by Gasteiger charge is -2.30. The molecule has 0 fully saturated rings. The monoisotopic (exact) mass is 281 g/mol. The maximum absolute atomic E-state index is 13.0. The lowest BCUT2D eigenvalue weighted by molar-refractivity contribution is -0.165. The lowest BCUT2D eigenvalue weighted by Crippen LogP contribution is -2.38. The third-order valence-electron chi connectivity index (χ3n) is 3.57. The first-order chi connectivity index (χ1) is 9.45. The van der Waals surface area contributed by atoms with Gasteiger partial charge in [0.05, 0.1) is 5.92 Å². The summed E-state index contributed by atoms with van der Waals surface area (Å²) in [6.45, 7) is 0.516. The number of nitrogens with zero attached hydrogens (tertiary/aromatic N) is 2. The van der Waals surface area contributed by atoms with Crippen molar-refractivity contribution in [3.63, 3.8) is 0 Å². The molecule has 2 aromatic rings. The molecule has 0 saturated carbocycles. The Morgan fingerprint density at radius 2 is 2.20 bits per heavy atom. The third-order valence-corrected chi connectivity index (χ3v) is 3.57. The average molecular weight is 281 g/mol. The van der Waals surface area contributed by atoms with Crippen LogP contribution in [0.25, 0.3) is 16.6 Å². The third kappa shape index (κ3) is 2.31. The summed E-state index contributed by atoms with van der Waals surface area (Å²) in [5.41, 5.74) is 2.19. The molecule has 20 heavy (non-hydrogen) atoms. The second-order valence-electron chi connectivity index (χ2n) is 5.14. The first-order valence-corrected chi connectivity index (χ1v) is 6.33. The highest BCUT2D eigenvalue weighted by Gasteiger charge is 2.40. The molecule has 0 bridgehead atoms. The SMILES string of the molecule is CN1CC(c2c[nH]c3ncccc23)=CC(C(F)(F)F)C1. The van der Waals surface area contributed by atoms with Crippen molar-refractivity contribution >= 4 is 16.6 Å². The van der Waals surface area contributed by atoms with E-state index in [-0.39, 0.29) is 6.54 Å². The fourth-order valence-corrected chi connectivity index (χ4v) is 2.63. The number of nitrogens with one attached hydrogen (secondary N) is 1. The van der Waals surface area contributed by atoms with Crippen LogP contribution in [-0.2, 0) is 0 Å². The molecule has 1 atom stereocenters. The molecule has 0 spiro atoms. The summed E-state index contributed by atoms with van der Waals surface area (Å²) in [6, 6.07) is 3.65. The van der Waals surface area contributed by atoms with Crippen LogP contribution in [-0.4, -0.2) is 41.2 Å². The number of aromatic nitrogens is 2. The molecule has 106 valence electrons. The Labute approximate surface area is 114 Å². The summed E-state index contributed by atoms with van der Waals surface area (Å²) in [5.74, 6) is -1.42. The normalized spacial score (nSPS) is 21.2. The molecule has 3 nitrogen and oxygen atoms in total. The zero-order chi connectivity index (χ0) is 14.3. The Morgan fingerprint density at radius 3 is 2.95 bits per heavy atom. The smallest absolute Gasteiger partial charge is 0.346 e. The number of halogens is 3. The van der Waals surface area contributed by atoms with Crippen molar-refractivity contribution in [2.75, 3.05) is 20.1 Å². The quantitative estimate of drug-likeness (QED) is 0.871. The predicted octanol–water partition coefficient (Wildman–Crippen LogP) is 3.07. The van der Waals surface area contributed by atoms with Gasteiger partial charge < -0.3 is 9.88 Å². The Bertz CT molecular complexity index is 657. The van der Waals surface area contributed by atoms with Gasteiger partial charge >= 0.3 is 6.18 Å². The number of pyridine rings is 1. The number of likely N-dealkylation sites (N-methyl/N-ethyl adjacent to an activating group) is 1. The molecule has 3 rings (SSSR count). The van der Waals surface area contributed by atoms with Crippen LogP contribution in [0.15, 0.2) is 30.6 Å². The molecular formula is C14H14F3N3. The minimum Gasteiger partial charge on any atom is -0.346 e. The molecular weight excluding hydrogens is 267 g/mol. The molecule has 3 heterocycles. The Hall–Kier alpha value is -1.82. The fraction of sp³-hybridized carbons (Fsp3) is 0.357. The van der Waals surface area contributed by atoms with E-state index in [0.29, 0.717) is 17.8 Å². The Kier molecular flexibility index (Phi) is 3.05. The maximum atomic E-state index is 13.0. The molecule has 1 aliphatic heterocycles. The number of aromatic amines is 1. The summed E-state index contributed by atoms with van der Waals surface area (Å²) in [4.78, 5) is 8.86. The van der Waals surface area contributed by atoms with E-state index in [9.17, 15) is 13.2 Å². The van der Waals surface area contributed by atoms with Crippen LogP contribution in [0.5, 0.6) is 0 Å². The molecule has 1 unspecified atom stereocenters. The second kappa shape index (κ2) is 4.63. The minimum absolute atomic E-state index is 0.00755. The van der Waals surface area contributed by atoms with Gasteiger partial charge in [-0.15, -0.1) is 0 Å². The van der Waals surface area contributed by atoms with E-state index < -0.39 is 12.1 Å². The predicted molar refractivity (Wildman–Crippen MR) is 71.1 cm³/mol. The Balaban J connectivity index is 2.06. The molecule has 0 amide bonds. The van der Waals surface area contributed by atoms with Crippen LogP contribution in [0.2, 0.25) is 0 Å². The topological polar surface area (TPSA) is 31.9 Å². The number of hydrogen-bond acceptors (Lipinski definition) is 2. The highest BCUT2D eigenvalue weighted by atomic mass is 19.4. The zero-order valence-electron chi connectivity index (χ0n) is 10.9. The standard InChI is InChI=1S/C14H14F3N3/c1-20-7-9(5-10(8-20)14(15,16)17)12-6-19-13-11(12)3-2-4-18-13/h2-6,10H,7-8H2,1H3,(H,18,19). The molecule has 6 heteroatoms. The molecule has 0 saturated heterocycles. The van der Waals surface area contributed by atoms with Crippen LogP contribution in [0, 0.1) is 5.92 Å². The van der Waals surface area contributed by atoms with E-state index in [0.717, 1.165) is 10.9 Å². The van der Waals surface area contributed by atoms with Gasteiger partial charge in [-0.2, -0.15) is 13.2 Å². The number of H-pyrrole nitrogens is 1. The molecule has 0 aromatic carbocycles. The van der Waals surface area contributed by atoms with E-state index in [1.165, 1.54) is 6.08 Å². The number of rotatable bonds is 1. The van der Waals surface area contributed by atoms with Crippen molar-refractivity contribution in [2.45, 2.75) is 6.18 Å². The van der Waals surface area contributed by atoms with E-state index in [1.807, 2.05) is 6.07 Å². The minimum atomic E-state index is -4.20. The summed E-state index contributed by atoms with van der Waals surface area (Å²) in [7, 11) is 1.71. The van der Waals surface area contributed by atoms with Gasteiger partial charge in [-0.25, -0.2) is 4.98 Å². The second-order valence-corrected chi connectivity index (χ2v) is 5.14. The zero-order valence-corrected chi connectivity index (χ0v) is 10.9.